The number of nitrogens with one attached hydrogen (secondary N) is 1. The lowest BCUT2D eigenvalue weighted by molar-refractivity contribution is 0.836. The van der Waals surface area contributed by atoms with Crippen LogP contribution in [0.1, 0.15) is 38.2 Å². The van der Waals surface area contributed by atoms with Crippen LogP contribution in [-0.2, 0) is 12.8 Å². The summed E-state index contributed by atoms with van der Waals surface area (Å²) in [5.41, 5.74) is 1.09. The fourth-order valence-electron chi connectivity index (χ4n) is 1.21. The van der Waals surface area contributed by atoms with Crippen molar-refractivity contribution in [3.63, 3.8) is 0 Å². The number of aromatic amines is 1. The van der Waals surface area contributed by atoms with Crippen LogP contribution in [0.3, 0.4) is 0 Å². The van der Waals surface area contributed by atoms with Crippen molar-refractivity contribution < 1.29 is 0 Å². The van der Waals surface area contributed by atoms with Crippen molar-refractivity contribution in [2.24, 2.45) is 0 Å². The quantitative estimate of drug-likeness (QED) is 0.770. The van der Waals surface area contributed by atoms with Crippen LogP contribution in [0.5, 0.6) is 0 Å². The van der Waals surface area contributed by atoms with E-state index in [-0.39, 0.29) is 0 Å². The Balaban J connectivity index is 2.70. The van der Waals surface area contributed by atoms with Gasteiger partial charge in [-0.3, -0.25) is 0 Å². The van der Waals surface area contributed by atoms with Crippen molar-refractivity contribution in [2.75, 3.05) is 0 Å². The lowest BCUT2D eigenvalue weighted by Gasteiger charge is -1.92. The van der Waals surface area contributed by atoms with Crippen LogP contribution in [0.25, 0.3) is 0 Å². The summed E-state index contributed by atoms with van der Waals surface area (Å²) >= 11 is 5.92. The molecule has 0 saturated heterocycles. The molecule has 2 nitrogen and oxygen atoms in total. The van der Waals surface area contributed by atoms with E-state index in [1.807, 2.05) is 0 Å². The van der Waals surface area contributed by atoms with Crippen LogP contribution in [0, 0.1) is 0 Å². The summed E-state index contributed by atoms with van der Waals surface area (Å²) in [6.45, 7) is 4.27. The second-order valence-electron chi connectivity index (χ2n) is 2.95. The van der Waals surface area contributed by atoms with Crippen molar-refractivity contribution in [3.8, 4) is 0 Å². The molecule has 0 unspecified atom stereocenters. The Kier molecular flexibility index (Phi) is 3.60. The molecular weight excluding hydrogens is 172 g/mol. The van der Waals surface area contributed by atoms with E-state index in [0.29, 0.717) is 5.15 Å². The van der Waals surface area contributed by atoms with Gasteiger partial charge in [-0.2, -0.15) is 0 Å². The van der Waals surface area contributed by atoms with Crippen molar-refractivity contribution in [3.05, 3.63) is 16.7 Å². The van der Waals surface area contributed by atoms with Gasteiger partial charge in [0.25, 0.3) is 0 Å². The number of H-pyrrole nitrogens is 1. The normalized spacial score (nSPS) is 10.6. The molecule has 0 aliphatic carbocycles. The van der Waals surface area contributed by atoms with Gasteiger partial charge >= 0.3 is 0 Å². The maximum absolute atomic E-state index is 5.92. The number of hydrogen-bond donors (Lipinski definition) is 1. The number of halogens is 1. The van der Waals surface area contributed by atoms with Gasteiger partial charge in [0, 0.05) is 6.42 Å². The topological polar surface area (TPSA) is 28.7 Å². The Morgan fingerprint density at radius 1 is 1.25 bits per heavy atom. The van der Waals surface area contributed by atoms with E-state index < -0.39 is 0 Å². The van der Waals surface area contributed by atoms with Crippen LogP contribution in [0.4, 0.5) is 0 Å². The maximum atomic E-state index is 5.92. The van der Waals surface area contributed by atoms with Gasteiger partial charge in [-0.25, -0.2) is 4.98 Å². The molecule has 0 saturated carbocycles. The van der Waals surface area contributed by atoms with Crippen LogP contribution < -0.4 is 0 Å². The van der Waals surface area contributed by atoms with E-state index >= 15 is 0 Å². The molecule has 1 heterocycles. The molecule has 0 atom stereocenters. The van der Waals surface area contributed by atoms with Gasteiger partial charge < -0.3 is 4.98 Å². The van der Waals surface area contributed by atoms with Gasteiger partial charge in [-0.15, -0.1) is 0 Å². The van der Waals surface area contributed by atoms with E-state index in [9.17, 15) is 0 Å². The highest BCUT2D eigenvalue weighted by molar-refractivity contribution is 6.30. The number of rotatable bonds is 4. The molecule has 0 aliphatic rings. The molecule has 0 spiro atoms. The summed E-state index contributed by atoms with van der Waals surface area (Å²) in [5, 5.41) is 0.653. The summed E-state index contributed by atoms with van der Waals surface area (Å²) in [6.07, 6.45) is 4.20. The van der Waals surface area contributed by atoms with Gasteiger partial charge in [0.1, 0.15) is 11.0 Å². The molecular formula is C9H15ClN2. The van der Waals surface area contributed by atoms with E-state index in [4.69, 9.17) is 11.6 Å². The Hall–Kier alpha value is -0.500. The number of imidazole rings is 1. The van der Waals surface area contributed by atoms with Gasteiger partial charge in [0.05, 0.1) is 5.69 Å². The predicted molar refractivity (Wildman–Crippen MR) is 51.6 cm³/mol. The maximum Gasteiger partial charge on any atom is 0.150 e. The minimum absolute atomic E-state index is 0.653. The third kappa shape index (κ3) is 2.24. The van der Waals surface area contributed by atoms with Crippen LogP contribution >= 0.6 is 11.6 Å². The fourth-order valence-corrected chi connectivity index (χ4v) is 1.45. The minimum Gasteiger partial charge on any atom is -0.345 e. The van der Waals surface area contributed by atoms with E-state index in [2.05, 4.69) is 23.8 Å². The second-order valence-corrected chi connectivity index (χ2v) is 3.31. The molecule has 3 heteroatoms. The summed E-state index contributed by atoms with van der Waals surface area (Å²) in [4.78, 5) is 7.47. The highest BCUT2D eigenvalue weighted by atomic mass is 35.5. The van der Waals surface area contributed by atoms with Crippen molar-refractivity contribution >= 4 is 11.6 Å². The monoisotopic (exact) mass is 186 g/mol. The smallest absolute Gasteiger partial charge is 0.150 e. The Bertz CT molecular complexity index is 243. The largest absolute Gasteiger partial charge is 0.345 e. The predicted octanol–water partition coefficient (Wildman–Crippen LogP) is 2.97. The van der Waals surface area contributed by atoms with Gasteiger partial charge in [-0.05, 0) is 12.8 Å². The molecule has 0 amide bonds. The first-order valence-electron chi connectivity index (χ1n) is 4.51. The third-order valence-electron chi connectivity index (χ3n) is 1.76. The SMILES string of the molecule is CCCc1nc(Cl)c(CCC)[nH]1. The standard InChI is InChI=1S/C9H15ClN2/c1-3-5-7-9(10)12-8(11-7)6-4-2/h3-6H2,1-2H3,(H,11,12). The fraction of sp³-hybridized carbons (Fsp3) is 0.667. The van der Waals surface area contributed by atoms with Gasteiger partial charge in [0.2, 0.25) is 0 Å². The lowest BCUT2D eigenvalue weighted by atomic mass is 10.3. The summed E-state index contributed by atoms with van der Waals surface area (Å²) in [6, 6.07) is 0. The van der Waals surface area contributed by atoms with Crippen molar-refractivity contribution in [1.29, 1.82) is 0 Å². The molecule has 1 aromatic heterocycles. The zero-order valence-corrected chi connectivity index (χ0v) is 8.41. The number of hydrogen-bond acceptors (Lipinski definition) is 1. The zero-order chi connectivity index (χ0) is 8.97. The van der Waals surface area contributed by atoms with Gasteiger partial charge in [-0.1, -0.05) is 31.9 Å². The molecule has 1 aromatic rings. The van der Waals surface area contributed by atoms with Crippen molar-refractivity contribution in [1.82, 2.24) is 9.97 Å². The summed E-state index contributed by atoms with van der Waals surface area (Å²) in [5.74, 6) is 1.02. The second kappa shape index (κ2) is 4.51. The first-order valence-corrected chi connectivity index (χ1v) is 4.89. The van der Waals surface area contributed by atoms with Crippen LogP contribution in [0.15, 0.2) is 0 Å². The minimum atomic E-state index is 0.653. The van der Waals surface area contributed by atoms with E-state index in [1.54, 1.807) is 0 Å². The highest BCUT2D eigenvalue weighted by Gasteiger charge is 2.05. The molecule has 0 aromatic carbocycles. The van der Waals surface area contributed by atoms with E-state index in [0.717, 1.165) is 37.2 Å². The zero-order valence-electron chi connectivity index (χ0n) is 7.65. The highest BCUT2D eigenvalue weighted by Crippen LogP contribution is 2.14. The first kappa shape index (κ1) is 9.59. The summed E-state index contributed by atoms with van der Waals surface area (Å²) < 4.78 is 0. The van der Waals surface area contributed by atoms with Gasteiger partial charge in [0.15, 0.2) is 0 Å². The molecule has 1 rings (SSSR count). The molecule has 0 bridgehead atoms. The first-order chi connectivity index (χ1) is 5.77. The lowest BCUT2D eigenvalue weighted by Crippen LogP contribution is -1.87. The number of aryl methyl sites for hydroxylation is 2. The van der Waals surface area contributed by atoms with Crippen LogP contribution in [0.2, 0.25) is 5.15 Å². The average molecular weight is 187 g/mol. The Morgan fingerprint density at radius 3 is 2.50 bits per heavy atom. The molecule has 68 valence electrons. The Labute approximate surface area is 78.4 Å². The third-order valence-corrected chi connectivity index (χ3v) is 2.08. The number of aromatic nitrogens is 2. The molecule has 0 aliphatic heterocycles. The Morgan fingerprint density at radius 2 is 1.92 bits per heavy atom. The number of nitrogens with zero attached hydrogens (tertiary/aromatic N) is 1. The van der Waals surface area contributed by atoms with Crippen LogP contribution in [-0.4, -0.2) is 9.97 Å². The molecule has 0 radical (unpaired) electrons. The average Bonchev–Trinajstić information content (AvgIpc) is 2.34. The molecule has 0 fully saturated rings. The molecule has 12 heavy (non-hydrogen) atoms. The molecule has 1 N–H and O–H groups in total. The van der Waals surface area contributed by atoms with E-state index in [1.165, 1.54) is 0 Å². The summed E-state index contributed by atoms with van der Waals surface area (Å²) in [7, 11) is 0. The van der Waals surface area contributed by atoms with Crippen molar-refractivity contribution in [2.45, 2.75) is 39.5 Å².